The van der Waals surface area contributed by atoms with Gasteiger partial charge in [0.1, 0.15) is 34.1 Å². The lowest BCUT2D eigenvalue weighted by atomic mass is 9.85. The number of hydrogen-bond donors (Lipinski definition) is 2. The molecule has 3 rings (SSSR count). The molecular weight excluding hydrogens is 365 g/mol. The van der Waals surface area contributed by atoms with Crippen molar-refractivity contribution in [2.75, 3.05) is 5.75 Å². The fraction of sp³-hybridized carbons (Fsp3) is 0.588. The molecular formula is C17H22FNO6S. The quantitative estimate of drug-likeness (QED) is 0.824. The second-order valence-electron chi connectivity index (χ2n) is 8.00. The van der Waals surface area contributed by atoms with E-state index in [-0.39, 0.29) is 17.7 Å². The fourth-order valence-corrected chi connectivity index (χ4v) is 4.44. The number of amides is 1. The van der Waals surface area contributed by atoms with Crippen LogP contribution in [0.1, 0.15) is 45.6 Å². The minimum absolute atomic E-state index is 0.0495. The third-order valence-corrected chi connectivity index (χ3v) is 5.60. The lowest BCUT2D eigenvalue weighted by molar-refractivity contribution is -0.0233. The van der Waals surface area contributed by atoms with Crippen LogP contribution in [0.4, 0.5) is 9.18 Å². The van der Waals surface area contributed by atoms with E-state index in [0.29, 0.717) is 12.8 Å². The molecule has 1 saturated carbocycles. The predicted molar refractivity (Wildman–Crippen MR) is 90.7 cm³/mol. The molecule has 2 N–H and O–H groups in total. The lowest BCUT2D eigenvalue weighted by Crippen LogP contribution is -2.48. The number of hydrogen-bond acceptors (Lipinski definition) is 6. The number of benzene rings is 1. The van der Waals surface area contributed by atoms with Gasteiger partial charge in [0, 0.05) is 18.1 Å². The smallest absolute Gasteiger partial charge is 0.421 e. The van der Waals surface area contributed by atoms with Crippen LogP contribution in [0.5, 0.6) is 5.75 Å². The van der Waals surface area contributed by atoms with E-state index >= 15 is 0 Å². The van der Waals surface area contributed by atoms with Gasteiger partial charge in [-0.2, -0.15) is 0 Å². The van der Waals surface area contributed by atoms with Crippen molar-refractivity contribution in [2.24, 2.45) is 0 Å². The Morgan fingerprint density at radius 3 is 2.62 bits per heavy atom. The number of halogens is 1. The summed E-state index contributed by atoms with van der Waals surface area (Å²) in [7, 11) is -4.21. The van der Waals surface area contributed by atoms with Crippen molar-refractivity contribution in [3.8, 4) is 5.75 Å². The first-order chi connectivity index (χ1) is 11.8. The predicted octanol–water partition coefficient (Wildman–Crippen LogP) is 2.18. The number of fused-ring (bicyclic) bond motifs is 1. The Morgan fingerprint density at radius 1 is 1.38 bits per heavy atom. The molecule has 0 saturated heterocycles. The molecule has 1 amide bonds. The molecule has 1 spiro atoms. The van der Waals surface area contributed by atoms with E-state index in [9.17, 15) is 22.7 Å². The van der Waals surface area contributed by atoms with Crippen LogP contribution in [0, 0.1) is 5.82 Å². The maximum absolute atomic E-state index is 13.5. The topological polar surface area (TPSA) is 102 Å². The highest BCUT2D eigenvalue weighted by molar-refractivity contribution is 7.90. The number of aliphatic hydroxyl groups is 1. The number of carbonyl (C=O) groups is 1. The van der Waals surface area contributed by atoms with Gasteiger partial charge in [-0.1, -0.05) is 0 Å². The van der Waals surface area contributed by atoms with Gasteiger partial charge < -0.3 is 14.6 Å². The number of rotatable bonds is 3. The van der Waals surface area contributed by atoms with Crippen LogP contribution < -0.4 is 9.46 Å². The van der Waals surface area contributed by atoms with Crippen molar-refractivity contribution in [3.63, 3.8) is 0 Å². The van der Waals surface area contributed by atoms with Crippen molar-refractivity contribution in [1.82, 2.24) is 4.72 Å². The third kappa shape index (κ3) is 4.09. The number of sulfonamides is 1. The third-order valence-electron chi connectivity index (χ3n) is 4.26. The molecule has 2 aliphatic rings. The largest absolute Gasteiger partial charge is 0.487 e. The van der Waals surface area contributed by atoms with Gasteiger partial charge in [-0.25, -0.2) is 22.3 Å². The van der Waals surface area contributed by atoms with Crippen molar-refractivity contribution < 1.29 is 32.2 Å². The number of carbonyl (C=O) groups excluding carboxylic acids is 1. The van der Waals surface area contributed by atoms with Crippen molar-refractivity contribution >= 4 is 16.1 Å². The minimum Gasteiger partial charge on any atom is -0.487 e. The molecule has 1 aliphatic carbocycles. The molecule has 0 aromatic heterocycles. The molecule has 7 nitrogen and oxygen atoms in total. The first-order valence-electron chi connectivity index (χ1n) is 8.27. The summed E-state index contributed by atoms with van der Waals surface area (Å²) in [5, 5.41) is 11.1. The Labute approximate surface area is 151 Å². The van der Waals surface area contributed by atoms with E-state index in [2.05, 4.69) is 0 Å². The zero-order chi connectivity index (χ0) is 19.4. The maximum Gasteiger partial charge on any atom is 0.421 e. The summed E-state index contributed by atoms with van der Waals surface area (Å²) in [4.78, 5) is 11.8. The van der Waals surface area contributed by atoms with Gasteiger partial charge in [-0.05, 0) is 45.7 Å². The van der Waals surface area contributed by atoms with E-state index in [1.165, 1.54) is 6.07 Å². The second kappa shape index (κ2) is 5.82. The summed E-state index contributed by atoms with van der Waals surface area (Å²) < 4.78 is 50.9. The highest BCUT2D eigenvalue weighted by atomic mass is 32.2. The van der Waals surface area contributed by atoms with Crippen LogP contribution >= 0.6 is 0 Å². The summed E-state index contributed by atoms with van der Waals surface area (Å²) in [5.74, 6) is -1.18. The van der Waals surface area contributed by atoms with Crippen LogP contribution in [0.2, 0.25) is 0 Å². The molecule has 1 aromatic carbocycles. The molecule has 1 aromatic rings. The summed E-state index contributed by atoms with van der Waals surface area (Å²) in [6, 6.07) is 3.57. The average Bonchev–Trinajstić information content (AvgIpc) is 3.11. The van der Waals surface area contributed by atoms with Gasteiger partial charge in [0.15, 0.2) is 0 Å². The van der Waals surface area contributed by atoms with Gasteiger partial charge in [-0.3, -0.25) is 0 Å². The summed E-state index contributed by atoms with van der Waals surface area (Å²) >= 11 is 0. The lowest BCUT2D eigenvalue weighted by Gasteiger charge is -2.38. The van der Waals surface area contributed by atoms with Gasteiger partial charge >= 0.3 is 6.09 Å². The summed E-state index contributed by atoms with van der Waals surface area (Å²) in [6.45, 7) is 4.81. The van der Waals surface area contributed by atoms with E-state index in [0.717, 1.165) is 12.1 Å². The van der Waals surface area contributed by atoms with Crippen LogP contribution in [-0.4, -0.2) is 36.6 Å². The SMILES string of the molecule is CC(C)(C)OC(=O)NS(=O)(=O)CC1(O)CC2(CC2)Oc2cc(F)ccc21. The Balaban J connectivity index is 1.85. The van der Waals surface area contributed by atoms with Crippen LogP contribution in [-0.2, 0) is 20.4 Å². The van der Waals surface area contributed by atoms with Gasteiger partial charge in [0.05, 0.1) is 0 Å². The fourth-order valence-electron chi connectivity index (χ4n) is 3.19. The van der Waals surface area contributed by atoms with Crippen LogP contribution in [0.25, 0.3) is 0 Å². The van der Waals surface area contributed by atoms with Gasteiger partial charge in [-0.15, -0.1) is 0 Å². The van der Waals surface area contributed by atoms with Crippen molar-refractivity contribution in [2.45, 2.75) is 56.8 Å². The van der Waals surface area contributed by atoms with Crippen molar-refractivity contribution in [3.05, 3.63) is 29.6 Å². The monoisotopic (exact) mass is 387 g/mol. The zero-order valence-corrected chi connectivity index (χ0v) is 15.7. The normalized spacial score (nSPS) is 23.7. The molecule has 0 bridgehead atoms. The Kier molecular flexibility index (Phi) is 4.23. The van der Waals surface area contributed by atoms with Crippen LogP contribution in [0.15, 0.2) is 18.2 Å². The molecule has 1 aliphatic heterocycles. The second-order valence-corrected chi connectivity index (χ2v) is 9.72. The first-order valence-corrected chi connectivity index (χ1v) is 9.92. The maximum atomic E-state index is 13.5. The molecule has 144 valence electrons. The number of nitrogens with one attached hydrogen (secondary N) is 1. The molecule has 0 radical (unpaired) electrons. The van der Waals surface area contributed by atoms with Gasteiger partial charge in [0.2, 0.25) is 10.0 Å². The van der Waals surface area contributed by atoms with E-state index in [1.54, 1.807) is 20.8 Å². The zero-order valence-electron chi connectivity index (χ0n) is 14.8. The number of ether oxygens (including phenoxy) is 2. The van der Waals surface area contributed by atoms with Crippen LogP contribution in [0.3, 0.4) is 0 Å². The molecule has 1 atom stereocenters. The average molecular weight is 387 g/mol. The highest BCUT2D eigenvalue weighted by Crippen LogP contribution is 2.54. The molecule has 1 unspecified atom stereocenters. The van der Waals surface area contributed by atoms with E-state index < -0.39 is 44.5 Å². The molecule has 26 heavy (non-hydrogen) atoms. The Hall–Kier alpha value is -1.87. The summed E-state index contributed by atoms with van der Waals surface area (Å²) in [6.07, 6.45) is 0.220. The first kappa shape index (κ1) is 18.9. The Morgan fingerprint density at radius 2 is 2.04 bits per heavy atom. The standard InChI is InChI=1S/C17H22FNO6S/c1-15(2,3)25-14(20)19-26(22,23)10-17(21)9-16(6-7-16)24-13-8-11(18)4-5-12(13)17/h4-5,8,21H,6-7,9-10H2,1-3H3,(H,19,20). The van der Waals surface area contributed by atoms with E-state index in [1.807, 2.05) is 4.72 Å². The summed E-state index contributed by atoms with van der Waals surface area (Å²) in [5.41, 5.74) is -3.16. The minimum atomic E-state index is -4.21. The van der Waals surface area contributed by atoms with Gasteiger partial charge in [0.25, 0.3) is 0 Å². The Bertz CT molecular complexity index is 843. The molecule has 9 heteroatoms. The molecule has 1 heterocycles. The highest BCUT2D eigenvalue weighted by Gasteiger charge is 2.57. The van der Waals surface area contributed by atoms with Crippen molar-refractivity contribution in [1.29, 1.82) is 0 Å². The van der Waals surface area contributed by atoms with E-state index in [4.69, 9.17) is 9.47 Å². The molecule has 1 fully saturated rings.